The molecule has 0 radical (unpaired) electrons. The molecule has 4 rings (SSSR count). The number of morpholine rings is 1. The van der Waals surface area contributed by atoms with Crippen LogP contribution in [-0.4, -0.2) is 67.6 Å². The van der Waals surface area contributed by atoms with Crippen LogP contribution >= 0.6 is 0 Å². The average Bonchev–Trinajstić information content (AvgIpc) is 3.16. The molecular weight excluding hydrogens is 420 g/mol. The Morgan fingerprint density at radius 3 is 2.27 bits per heavy atom. The van der Waals surface area contributed by atoms with Crippen molar-refractivity contribution in [1.82, 2.24) is 10.2 Å². The van der Waals surface area contributed by atoms with E-state index in [0.29, 0.717) is 6.42 Å². The molecule has 2 N–H and O–H groups in total. The van der Waals surface area contributed by atoms with Crippen molar-refractivity contribution in [2.24, 2.45) is 0 Å². The summed E-state index contributed by atoms with van der Waals surface area (Å²) in [6, 6.07) is 15.3. The van der Waals surface area contributed by atoms with Gasteiger partial charge in [0.1, 0.15) is 12.6 Å². The Morgan fingerprint density at radius 1 is 1.00 bits per heavy atom. The molecule has 1 fully saturated rings. The number of nitrogens with zero attached hydrogens (tertiary/aromatic N) is 1. The lowest BCUT2D eigenvalue weighted by atomic mass is 9.98. The monoisotopic (exact) mass is 452 g/mol. The molecular formula is C26H32N2O5. The van der Waals surface area contributed by atoms with Crippen molar-refractivity contribution >= 4 is 12.1 Å². The van der Waals surface area contributed by atoms with Crippen molar-refractivity contribution in [2.45, 2.75) is 37.6 Å². The summed E-state index contributed by atoms with van der Waals surface area (Å²) < 4.78 is 10.8. The van der Waals surface area contributed by atoms with Crippen molar-refractivity contribution in [3.8, 4) is 11.1 Å². The minimum atomic E-state index is -1.03. The molecule has 2 aliphatic rings. The van der Waals surface area contributed by atoms with Gasteiger partial charge in [-0.1, -0.05) is 61.4 Å². The Bertz CT molecular complexity index is 912. The highest BCUT2D eigenvalue weighted by Crippen LogP contribution is 2.44. The zero-order valence-corrected chi connectivity index (χ0v) is 18.9. The number of carbonyl (C=O) groups is 2. The van der Waals surface area contributed by atoms with Crippen LogP contribution in [0.2, 0.25) is 0 Å². The van der Waals surface area contributed by atoms with Crippen molar-refractivity contribution in [2.75, 3.05) is 39.5 Å². The molecule has 1 heterocycles. The summed E-state index contributed by atoms with van der Waals surface area (Å²) in [6.07, 6.45) is 2.39. The summed E-state index contributed by atoms with van der Waals surface area (Å²) in [5, 5.41) is 12.1. The van der Waals surface area contributed by atoms with Gasteiger partial charge in [-0.05, 0) is 41.6 Å². The zero-order valence-electron chi connectivity index (χ0n) is 18.9. The number of fused-ring (bicyclic) bond motifs is 3. The SMILES string of the molecule is O=C(N[C@@H](CCCCCN1CCOCC1)C(=O)O)OCC1c2ccccc2-c2ccccc21. The number of unbranched alkanes of at least 4 members (excludes halogenated alkanes) is 2. The quantitative estimate of drug-likeness (QED) is 0.532. The Hall–Kier alpha value is -2.90. The van der Waals surface area contributed by atoms with Crippen LogP contribution in [0.3, 0.4) is 0 Å². The molecule has 2 aromatic carbocycles. The maximum atomic E-state index is 12.4. The van der Waals surface area contributed by atoms with Gasteiger partial charge in [0.25, 0.3) is 0 Å². The molecule has 176 valence electrons. The number of carbonyl (C=O) groups excluding carboxylic acids is 1. The highest BCUT2D eigenvalue weighted by molar-refractivity contribution is 5.81. The predicted molar refractivity (Wildman–Crippen MR) is 125 cm³/mol. The number of carboxylic acids is 1. The highest BCUT2D eigenvalue weighted by Gasteiger charge is 2.29. The Morgan fingerprint density at radius 2 is 1.64 bits per heavy atom. The summed E-state index contributed by atoms with van der Waals surface area (Å²) in [6.45, 7) is 4.66. The van der Waals surface area contributed by atoms with Crippen LogP contribution < -0.4 is 5.32 Å². The summed E-state index contributed by atoms with van der Waals surface area (Å²) in [4.78, 5) is 26.4. The number of amides is 1. The molecule has 0 bridgehead atoms. The number of rotatable bonds is 10. The first kappa shape index (κ1) is 23.3. The zero-order chi connectivity index (χ0) is 23.0. The fourth-order valence-electron chi connectivity index (χ4n) is 4.73. The van der Waals surface area contributed by atoms with E-state index in [1.54, 1.807) is 0 Å². The van der Waals surface area contributed by atoms with Gasteiger partial charge in [-0.3, -0.25) is 4.90 Å². The van der Waals surface area contributed by atoms with Gasteiger partial charge in [0, 0.05) is 19.0 Å². The van der Waals surface area contributed by atoms with Gasteiger partial charge < -0.3 is 19.9 Å². The van der Waals surface area contributed by atoms with E-state index in [2.05, 4.69) is 34.5 Å². The minimum Gasteiger partial charge on any atom is -0.480 e. The van der Waals surface area contributed by atoms with Gasteiger partial charge in [0.05, 0.1) is 13.2 Å². The molecule has 1 aliphatic heterocycles. The topological polar surface area (TPSA) is 88.1 Å². The summed E-state index contributed by atoms with van der Waals surface area (Å²) in [5.41, 5.74) is 4.56. The van der Waals surface area contributed by atoms with E-state index in [9.17, 15) is 14.7 Å². The molecule has 1 amide bonds. The first-order valence-electron chi connectivity index (χ1n) is 11.8. The van der Waals surface area contributed by atoms with Crippen molar-refractivity contribution in [1.29, 1.82) is 0 Å². The van der Waals surface area contributed by atoms with E-state index < -0.39 is 18.1 Å². The lowest BCUT2D eigenvalue weighted by molar-refractivity contribution is -0.139. The van der Waals surface area contributed by atoms with E-state index in [1.165, 1.54) is 0 Å². The second-order valence-corrected chi connectivity index (χ2v) is 8.66. The van der Waals surface area contributed by atoms with Crippen LogP contribution in [-0.2, 0) is 14.3 Å². The first-order chi connectivity index (χ1) is 16.1. The molecule has 0 spiro atoms. The summed E-state index contributed by atoms with van der Waals surface area (Å²) in [5.74, 6) is -1.08. The molecule has 0 aromatic heterocycles. The van der Waals surface area contributed by atoms with E-state index in [1.807, 2.05) is 24.3 Å². The molecule has 1 atom stereocenters. The van der Waals surface area contributed by atoms with Gasteiger partial charge in [-0.2, -0.15) is 0 Å². The maximum Gasteiger partial charge on any atom is 0.407 e. The van der Waals surface area contributed by atoms with Gasteiger partial charge >= 0.3 is 12.1 Å². The van der Waals surface area contributed by atoms with Crippen LogP contribution in [0.25, 0.3) is 11.1 Å². The Labute approximate surface area is 194 Å². The molecule has 1 saturated heterocycles. The van der Waals surface area contributed by atoms with Gasteiger partial charge in [0.15, 0.2) is 0 Å². The third-order valence-electron chi connectivity index (χ3n) is 6.50. The molecule has 1 aliphatic carbocycles. The third kappa shape index (κ3) is 5.92. The van der Waals surface area contributed by atoms with Crippen molar-refractivity contribution in [3.63, 3.8) is 0 Å². The molecule has 7 nitrogen and oxygen atoms in total. The lowest BCUT2D eigenvalue weighted by Gasteiger charge is -2.26. The molecule has 0 saturated carbocycles. The minimum absolute atomic E-state index is 0.0494. The van der Waals surface area contributed by atoms with E-state index in [0.717, 1.165) is 74.4 Å². The number of ether oxygens (including phenoxy) is 2. The number of hydrogen-bond donors (Lipinski definition) is 2. The van der Waals surface area contributed by atoms with Gasteiger partial charge in [0.2, 0.25) is 0 Å². The molecule has 7 heteroatoms. The highest BCUT2D eigenvalue weighted by atomic mass is 16.5. The number of carboxylic acid groups (broad SMARTS) is 1. The molecule has 33 heavy (non-hydrogen) atoms. The average molecular weight is 453 g/mol. The number of aliphatic carboxylic acids is 1. The second kappa shape index (κ2) is 11.3. The van der Waals surface area contributed by atoms with Crippen LogP contribution in [0.15, 0.2) is 48.5 Å². The van der Waals surface area contributed by atoms with Gasteiger partial charge in [-0.15, -0.1) is 0 Å². The van der Waals surface area contributed by atoms with E-state index >= 15 is 0 Å². The smallest absolute Gasteiger partial charge is 0.407 e. The number of benzene rings is 2. The third-order valence-corrected chi connectivity index (χ3v) is 6.50. The van der Waals surface area contributed by atoms with Gasteiger partial charge in [-0.25, -0.2) is 9.59 Å². The van der Waals surface area contributed by atoms with E-state index in [4.69, 9.17) is 9.47 Å². The Kier molecular flexibility index (Phi) is 7.96. The van der Waals surface area contributed by atoms with Crippen LogP contribution in [0.1, 0.15) is 42.7 Å². The van der Waals surface area contributed by atoms with Crippen LogP contribution in [0, 0.1) is 0 Å². The predicted octanol–water partition coefficient (Wildman–Crippen LogP) is 3.87. The molecule has 0 unspecified atom stereocenters. The fourth-order valence-corrected chi connectivity index (χ4v) is 4.73. The lowest BCUT2D eigenvalue weighted by Crippen LogP contribution is -2.41. The maximum absolute atomic E-state index is 12.4. The number of alkyl carbamates (subject to hydrolysis) is 1. The number of nitrogens with one attached hydrogen (secondary N) is 1. The van der Waals surface area contributed by atoms with Crippen LogP contribution in [0.4, 0.5) is 4.79 Å². The van der Waals surface area contributed by atoms with Crippen LogP contribution in [0.5, 0.6) is 0 Å². The standard InChI is InChI=1S/C26H32N2O5/c29-25(30)24(12-2-1-7-13-28-14-16-32-17-15-28)27-26(31)33-18-23-21-10-5-3-8-19(21)20-9-4-6-11-22(20)23/h3-6,8-11,23-24H,1-2,7,12-18H2,(H,27,31)(H,29,30)/t24-/m0/s1. The molecule has 2 aromatic rings. The number of hydrogen-bond acceptors (Lipinski definition) is 5. The van der Waals surface area contributed by atoms with E-state index in [-0.39, 0.29) is 12.5 Å². The Balaban J connectivity index is 1.23. The van der Waals surface area contributed by atoms with Crippen molar-refractivity contribution in [3.05, 3.63) is 59.7 Å². The van der Waals surface area contributed by atoms with Crippen molar-refractivity contribution < 1.29 is 24.2 Å². The first-order valence-corrected chi connectivity index (χ1v) is 11.8. The largest absolute Gasteiger partial charge is 0.480 e. The summed E-state index contributed by atoms with van der Waals surface area (Å²) in [7, 11) is 0. The normalized spacial score (nSPS) is 16.6. The second-order valence-electron chi connectivity index (χ2n) is 8.66. The fraction of sp³-hybridized carbons (Fsp3) is 0.462. The summed E-state index contributed by atoms with van der Waals surface area (Å²) >= 11 is 0.